The van der Waals surface area contributed by atoms with E-state index in [1.54, 1.807) is 11.3 Å². The molecule has 0 fully saturated rings. The van der Waals surface area contributed by atoms with Crippen LogP contribution in [0.4, 0.5) is 5.69 Å². The fourth-order valence-electron chi connectivity index (χ4n) is 1.62. The molecule has 2 heterocycles. The molecule has 0 aliphatic carbocycles. The van der Waals surface area contributed by atoms with Crippen LogP contribution in [-0.4, -0.2) is 9.78 Å². The highest BCUT2D eigenvalue weighted by molar-refractivity contribution is 7.15. The molecule has 0 atom stereocenters. The van der Waals surface area contributed by atoms with Crippen LogP contribution < -0.4 is 5.73 Å². The summed E-state index contributed by atoms with van der Waals surface area (Å²) in [6.45, 7) is 8.52. The van der Waals surface area contributed by atoms with Crippen molar-refractivity contribution in [3.05, 3.63) is 23.2 Å². The highest BCUT2D eigenvalue weighted by Crippen LogP contribution is 2.32. The van der Waals surface area contributed by atoms with E-state index >= 15 is 0 Å². The van der Waals surface area contributed by atoms with Crippen LogP contribution in [0.5, 0.6) is 0 Å². The summed E-state index contributed by atoms with van der Waals surface area (Å²) >= 11 is 1.77. The SMILES string of the molecule is CCc1ccc(-c2nn(C(C)(C)C)cc2N)s1. The lowest BCUT2D eigenvalue weighted by atomic mass is 10.1. The highest BCUT2D eigenvalue weighted by Gasteiger charge is 2.18. The number of hydrogen-bond donors (Lipinski definition) is 1. The molecule has 0 aliphatic heterocycles. The summed E-state index contributed by atoms with van der Waals surface area (Å²) in [5.41, 5.74) is 7.67. The first-order valence-corrected chi connectivity index (χ1v) is 6.68. The largest absolute Gasteiger partial charge is 0.396 e. The Morgan fingerprint density at radius 2 is 2.06 bits per heavy atom. The average molecular weight is 249 g/mol. The summed E-state index contributed by atoms with van der Waals surface area (Å²) in [5.74, 6) is 0. The molecule has 0 saturated carbocycles. The Hall–Kier alpha value is -1.29. The number of aromatic nitrogens is 2. The van der Waals surface area contributed by atoms with Gasteiger partial charge in [-0.15, -0.1) is 11.3 Å². The van der Waals surface area contributed by atoms with Gasteiger partial charge in [0.05, 0.1) is 16.1 Å². The fourth-order valence-corrected chi connectivity index (χ4v) is 2.57. The van der Waals surface area contributed by atoms with Crippen molar-refractivity contribution in [1.29, 1.82) is 0 Å². The average Bonchev–Trinajstić information content (AvgIpc) is 2.82. The van der Waals surface area contributed by atoms with Gasteiger partial charge in [-0.1, -0.05) is 6.92 Å². The molecule has 92 valence electrons. The summed E-state index contributed by atoms with van der Waals surface area (Å²) in [7, 11) is 0. The van der Waals surface area contributed by atoms with E-state index in [4.69, 9.17) is 5.73 Å². The number of rotatable bonds is 2. The van der Waals surface area contributed by atoms with E-state index in [9.17, 15) is 0 Å². The van der Waals surface area contributed by atoms with Crippen LogP contribution in [-0.2, 0) is 12.0 Å². The van der Waals surface area contributed by atoms with Gasteiger partial charge < -0.3 is 5.73 Å². The van der Waals surface area contributed by atoms with Crippen molar-refractivity contribution in [3.8, 4) is 10.6 Å². The third kappa shape index (κ3) is 2.36. The topological polar surface area (TPSA) is 43.8 Å². The van der Waals surface area contributed by atoms with Crippen LogP contribution in [0.1, 0.15) is 32.6 Å². The quantitative estimate of drug-likeness (QED) is 0.885. The van der Waals surface area contributed by atoms with Crippen molar-refractivity contribution >= 4 is 17.0 Å². The monoisotopic (exact) mass is 249 g/mol. The molecule has 0 aromatic carbocycles. The lowest BCUT2D eigenvalue weighted by Gasteiger charge is -2.18. The molecule has 2 aromatic rings. The van der Waals surface area contributed by atoms with Crippen molar-refractivity contribution < 1.29 is 0 Å². The van der Waals surface area contributed by atoms with Gasteiger partial charge in [0.25, 0.3) is 0 Å². The normalized spacial score (nSPS) is 12.0. The second kappa shape index (κ2) is 4.18. The fraction of sp³-hybridized carbons (Fsp3) is 0.462. The lowest BCUT2D eigenvalue weighted by molar-refractivity contribution is 0.356. The molecule has 2 aromatic heterocycles. The minimum atomic E-state index is -0.0305. The van der Waals surface area contributed by atoms with Crippen LogP contribution in [0.2, 0.25) is 0 Å². The summed E-state index contributed by atoms with van der Waals surface area (Å²) in [6, 6.07) is 4.25. The lowest BCUT2D eigenvalue weighted by Crippen LogP contribution is -2.22. The van der Waals surface area contributed by atoms with Crippen molar-refractivity contribution in [2.45, 2.75) is 39.7 Å². The summed E-state index contributed by atoms with van der Waals surface area (Å²) in [4.78, 5) is 2.52. The minimum absolute atomic E-state index is 0.0305. The third-order valence-electron chi connectivity index (χ3n) is 2.67. The Morgan fingerprint density at radius 3 is 2.53 bits per heavy atom. The van der Waals surface area contributed by atoms with Gasteiger partial charge in [-0.3, -0.25) is 4.68 Å². The van der Waals surface area contributed by atoms with Crippen LogP contribution in [0, 0.1) is 0 Å². The van der Waals surface area contributed by atoms with Crippen LogP contribution in [0.15, 0.2) is 18.3 Å². The molecule has 0 unspecified atom stereocenters. The Balaban J connectivity index is 2.42. The first-order chi connectivity index (χ1) is 7.91. The molecule has 0 bridgehead atoms. The van der Waals surface area contributed by atoms with Crippen molar-refractivity contribution in [3.63, 3.8) is 0 Å². The van der Waals surface area contributed by atoms with E-state index in [1.165, 1.54) is 4.88 Å². The molecule has 0 spiro atoms. The molecule has 0 radical (unpaired) electrons. The maximum Gasteiger partial charge on any atom is 0.125 e. The van der Waals surface area contributed by atoms with Crippen LogP contribution in [0.3, 0.4) is 0 Å². The van der Waals surface area contributed by atoms with E-state index in [0.717, 1.165) is 22.7 Å². The first-order valence-electron chi connectivity index (χ1n) is 5.86. The Morgan fingerprint density at radius 1 is 1.35 bits per heavy atom. The first kappa shape index (κ1) is 12.2. The molecule has 4 heteroatoms. The smallest absolute Gasteiger partial charge is 0.125 e. The number of hydrogen-bond acceptors (Lipinski definition) is 3. The van der Waals surface area contributed by atoms with Gasteiger partial charge >= 0.3 is 0 Å². The van der Waals surface area contributed by atoms with Gasteiger partial charge in [0.1, 0.15) is 5.69 Å². The number of nitrogens with two attached hydrogens (primary N) is 1. The van der Waals surface area contributed by atoms with Gasteiger partial charge in [-0.25, -0.2) is 0 Å². The zero-order valence-corrected chi connectivity index (χ0v) is 11.6. The maximum absolute atomic E-state index is 6.04. The molecule has 2 N–H and O–H groups in total. The van der Waals surface area contributed by atoms with Gasteiger partial charge in [0, 0.05) is 11.1 Å². The summed E-state index contributed by atoms with van der Waals surface area (Å²) in [6.07, 6.45) is 2.98. The molecular formula is C13H19N3S. The van der Waals surface area contributed by atoms with E-state index in [-0.39, 0.29) is 5.54 Å². The molecule has 0 aliphatic rings. The Kier molecular flexibility index (Phi) is 3.00. The zero-order chi connectivity index (χ0) is 12.6. The third-order valence-corrected chi connectivity index (χ3v) is 3.91. The van der Waals surface area contributed by atoms with E-state index in [2.05, 4.69) is 44.9 Å². The van der Waals surface area contributed by atoms with E-state index in [0.29, 0.717) is 0 Å². The van der Waals surface area contributed by atoms with Crippen LogP contribution >= 0.6 is 11.3 Å². The molecular weight excluding hydrogens is 230 g/mol. The summed E-state index contributed by atoms with van der Waals surface area (Å²) < 4.78 is 1.93. The van der Waals surface area contributed by atoms with Gasteiger partial charge in [-0.2, -0.15) is 5.10 Å². The van der Waals surface area contributed by atoms with Crippen molar-refractivity contribution in [2.24, 2.45) is 0 Å². The van der Waals surface area contributed by atoms with Gasteiger partial charge in [0.15, 0.2) is 0 Å². The maximum atomic E-state index is 6.04. The number of nitrogen functional groups attached to an aromatic ring is 1. The van der Waals surface area contributed by atoms with E-state index in [1.807, 2.05) is 10.9 Å². The minimum Gasteiger partial charge on any atom is -0.396 e. The van der Waals surface area contributed by atoms with Gasteiger partial charge in [0.2, 0.25) is 0 Å². The Bertz CT molecular complexity index is 517. The molecule has 0 amide bonds. The van der Waals surface area contributed by atoms with Crippen LogP contribution in [0.25, 0.3) is 10.6 Å². The molecule has 0 saturated heterocycles. The second-order valence-electron chi connectivity index (χ2n) is 5.17. The summed E-state index contributed by atoms with van der Waals surface area (Å²) in [5, 5.41) is 4.60. The number of aryl methyl sites for hydroxylation is 1. The molecule has 2 rings (SSSR count). The predicted molar refractivity (Wildman–Crippen MR) is 74.3 cm³/mol. The number of thiophene rings is 1. The molecule has 3 nitrogen and oxygen atoms in total. The number of nitrogens with zero attached hydrogens (tertiary/aromatic N) is 2. The Labute approximate surface area is 106 Å². The van der Waals surface area contributed by atoms with E-state index < -0.39 is 0 Å². The standard InChI is InChI=1S/C13H19N3S/c1-5-9-6-7-11(17-9)12-10(14)8-16(15-12)13(2,3)4/h6-8H,5,14H2,1-4H3. The van der Waals surface area contributed by atoms with Crippen molar-refractivity contribution in [1.82, 2.24) is 9.78 Å². The van der Waals surface area contributed by atoms with Gasteiger partial charge in [-0.05, 0) is 39.3 Å². The molecule has 17 heavy (non-hydrogen) atoms. The highest BCUT2D eigenvalue weighted by atomic mass is 32.1. The second-order valence-corrected chi connectivity index (χ2v) is 6.34. The predicted octanol–water partition coefficient (Wildman–Crippen LogP) is 3.51. The number of anilines is 1. The van der Waals surface area contributed by atoms with Crippen molar-refractivity contribution in [2.75, 3.05) is 5.73 Å². The zero-order valence-electron chi connectivity index (χ0n) is 10.8.